The summed E-state index contributed by atoms with van der Waals surface area (Å²) in [6.07, 6.45) is -10.8. The van der Waals surface area contributed by atoms with Gasteiger partial charge >= 0.3 is 5.97 Å². The summed E-state index contributed by atoms with van der Waals surface area (Å²) in [6, 6.07) is 7.93. The van der Waals surface area contributed by atoms with Crippen LogP contribution in [0.2, 0.25) is 0 Å². The molecule has 3 heterocycles. The van der Waals surface area contributed by atoms with Crippen molar-refractivity contribution in [2.45, 2.75) is 61.4 Å². The molecule has 0 amide bonds. The lowest BCUT2D eigenvalue weighted by Crippen LogP contribution is -2.63. The van der Waals surface area contributed by atoms with Gasteiger partial charge in [-0.2, -0.15) is 0 Å². The summed E-state index contributed by atoms with van der Waals surface area (Å²) >= 11 is 0. The predicted molar refractivity (Wildman–Crippen MR) is 140 cm³/mol. The molecule has 2 aromatic rings. The van der Waals surface area contributed by atoms with Gasteiger partial charge in [-0.3, -0.25) is 0 Å². The monoisotopic (exact) mass is 608 g/mol. The number of phenolic OH excluding ortho intramolecular Hbond substituents is 4. The number of aliphatic hydroxyl groups excluding tert-OH is 4. The first-order chi connectivity index (χ1) is 20.5. The molecule has 0 aromatic heterocycles. The number of carbonyl (C=O) groups is 1. The maximum atomic E-state index is 12.8. The fourth-order valence-corrected chi connectivity index (χ4v) is 4.88. The van der Waals surface area contributed by atoms with Gasteiger partial charge in [0.05, 0.1) is 19.8 Å². The number of benzene rings is 2. The van der Waals surface area contributed by atoms with E-state index in [4.69, 9.17) is 28.4 Å². The molecule has 3 fully saturated rings. The van der Waals surface area contributed by atoms with Gasteiger partial charge in [0.2, 0.25) is 0 Å². The highest BCUT2D eigenvalue weighted by Crippen LogP contribution is 2.37. The summed E-state index contributed by atoms with van der Waals surface area (Å²) in [6.45, 7) is -0.799. The molecule has 0 bridgehead atoms. The Hall–Kier alpha value is -3.51. The van der Waals surface area contributed by atoms with Crippen LogP contribution in [-0.4, -0.2) is 122 Å². The summed E-state index contributed by atoms with van der Waals surface area (Å²) in [4.78, 5) is 12.8. The number of rotatable bonds is 7. The second-order valence-corrected chi connectivity index (χ2v) is 10.3. The van der Waals surface area contributed by atoms with E-state index in [1.54, 1.807) is 0 Å². The number of carbonyl (C=O) groups excluding carboxylic acids is 1. The molecule has 0 spiro atoms. The molecule has 0 radical (unpaired) electrons. The Balaban J connectivity index is 1.32. The normalized spacial score (nSPS) is 34.5. The number of hydrogen-bond acceptors (Lipinski definition) is 15. The molecule has 15 heteroatoms. The van der Waals surface area contributed by atoms with Gasteiger partial charge in [-0.25, -0.2) is 4.79 Å². The minimum Gasteiger partial charge on any atom is -0.504 e. The van der Waals surface area contributed by atoms with Crippen LogP contribution in [0.15, 0.2) is 42.5 Å². The molecule has 3 aliphatic heterocycles. The topological polar surface area (TPSA) is 234 Å². The summed E-state index contributed by atoms with van der Waals surface area (Å²) in [5.74, 6) is -2.38. The van der Waals surface area contributed by atoms with E-state index in [0.717, 1.165) is 6.08 Å². The number of esters is 1. The van der Waals surface area contributed by atoms with Gasteiger partial charge in [0, 0.05) is 6.08 Å². The molecule has 0 aliphatic carbocycles. The lowest BCUT2D eigenvalue weighted by Gasteiger charge is -2.47. The minimum absolute atomic E-state index is 0.0626. The molecule has 0 saturated carbocycles. The lowest BCUT2D eigenvalue weighted by molar-refractivity contribution is -0.358. The van der Waals surface area contributed by atoms with Gasteiger partial charge in [0.25, 0.3) is 0 Å². The summed E-state index contributed by atoms with van der Waals surface area (Å²) in [7, 11) is 0. The Morgan fingerprint density at radius 1 is 0.837 bits per heavy atom. The summed E-state index contributed by atoms with van der Waals surface area (Å²) in [5, 5.41) is 79.9. The third kappa shape index (κ3) is 6.85. The molecule has 8 N–H and O–H groups in total. The van der Waals surface area contributed by atoms with E-state index >= 15 is 0 Å². The average Bonchev–Trinajstić information content (AvgIpc) is 2.99. The third-order valence-corrected chi connectivity index (χ3v) is 7.26. The number of phenols is 4. The molecule has 10 unspecified atom stereocenters. The van der Waals surface area contributed by atoms with Crippen LogP contribution in [0, 0.1) is 0 Å². The molecule has 234 valence electrons. The first-order valence-electron chi connectivity index (χ1n) is 13.3. The van der Waals surface area contributed by atoms with Crippen molar-refractivity contribution >= 4 is 12.0 Å². The van der Waals surface area contributed by atoms with Crippen molar-refractivity contribution in [3.63, 3.8) is 0 Å². The molecule has 3 aliphatic rings. The molecule has 43 heavy (non-hydrogen) atoms. The molecule has 3 saturated heterocycles. The Labute approximate surface area is 244 Å². The van der Waals surface area contributed by atoms with Crippen LogP contribution in [0.1, 0.15) is 17.2 Å². The predicted octanol–water partition coefficient (Wildman–Crippen LogP) is -0.868. The number of ether oxygens (including phenoxy) is 6. The second kappa shape index (κ2) is 13.0. The third-order valence-electron chi connectivity index (χ3n) is 7.26. The van der Waals surface area contributed by atoms with E-state index in [1.165, 1.54) is 42.5 Å². The van der Waals surface area contributed by atoms with Gasteiger partial charge < -0.3 is 69.3 Å². The zero-order valence-electron chi connectivity index (χ0n) is 22.4. The van der Waals surface area contributed by atoms with Crippen molar-refractivity contribution in [1.29, 1.82) is 0 Å². The molecular weight excluding hydrogens is 576 g/mol. The minimum atomic E-state index is -1.60. The van der Waals surface area contributed by atoms with Gasteiger partial charge in [0.1, 0.15) is 42.7 Å². The van der Waals surface area contributed by atoms with Gasteiger partial charge in [-0.05, 0) is 41.5 Å². The molecule has 15 nitrogen and oxygen atoms in total. The molecule has 5 rings (SSSR count). The molecular formula is C28H32O15. The first kappa shape index (κ1) is 30.9. The Kier molecular flexibility index (Phi) is 9.36. The van der Waals surface area contributed by atoms with Crippen LogP contribution in [-0.2, 0) is 33.2 Å². The smallest absolute Gasteiger partial charge is 0.331 e. The zero-order chi connectivity index (χ0) is 30.8. The van der Waals surface area contributed by atoms with Gasteiger partial charge in [0.15, 0.2) is 41.7 Å². The maximum Gasteiger partial charge on any atom is 0.331 e. The van der Waals surface area contributed by atoms with Crippen molar-refractivity contribution < 1.29 is 74.1 Å². The van der Waals surface area contributed by atoms with Crippen molar-refractivity contribution in [2.75, 3.05) is 19.8 Å². The Bertz CT molecular complexity index is 1320. The maximum absolute atomic E-state index is 12.8. The average molecular weight is 609 g/mol. The van der Waals surface area contributed by atoms with Crippen LogP contribution < -0.4 is 0 Å². The quantitative estimate of drug-likeness (QED) is 0.108. The van der Waals surface area contributed by atoms with E-state index in [9.17, 15) is 45.6 Å². The van der Waals surface area contributed by atoms with E-state index in [-0.39, 0.29) is 30.5 Å². The lowest BCUT2D eigenvalue weighted by atomic mass is 9.97. The first-order valence-corrected chi connectivity index (χ1v) is 13.3. The van der Waals surface area contributed by atoms with Crippen molar-refractivity contribution in [1.82, 2.24) is 0 Å². The highest BCUT2D eigenvalue weighted by Gasteiger charge is 2.52. The van der Waals surface area contributed by atoms with Crippen LogP contribution >= 0.6 is 0 Å². The van der Waals surface area contributed by atoms with Crippen LogP contribution in [0.25, 0.3) is 6.08 Å². The largest absolute Gasteiger partial charge is 0.504 e. The van der Waals surface area contributed by atoms with Crippen LogP contribution in [0.3, 0.4) is 0 Å². The van der Waals surface area contributed by atoms with Crippen molar-refractivity contribution in [3.8, 4) is 23.0 Å². The Morgan fingerprint density at radius 2 is 1.56 bits per heavy atom. The fraction of sp³-hybridized carbons (Fsp3) is 0.464. The zero-order valence-corrected chi connectivity index (χ0v) is 22.4. The summed E-state index contributed by atoms with van der Waals surface area (Å²) in [5.41, 5.74) is 0.796. The van der Waals surface area contributed by atoms with E-state index < -0.39 is 79.7 Å². The standard InChI is InChI=1S/C28H32O15/c29-14-4-1-12(7-16(14)31)2-6-21(34)43-25-20(11-39-27-23(36)22(35)18(33)9-38-27)42-28-26(24(25)37)41-19(10-40-28)13-3-5-15(30)17(32)8-13/h1-8,18-20,22-33,35-37H,9-11H2. The van der Waals surface area contributed by atoms with Gasteiger partial charge in [-0.1, -0.05) is 12.1 Å². The van der Waals surface area contributed by atoms with E-state index in [1.807, 2.05) is 0 Å². The second-order valence-electron chi connectivity index (χ2n) is 10.3. The highest BCUT2D eigenvalue weighted by atomic mass is 16.8. The number of hydrogen-bond donors (Lipinski definition) is 8. The number of aliphatic hydroxyl groups is 4. The van der Waals surface area contributed by atoms with Crippen LogP contribution in [0.5, 0.6) is 23.0 Å². The number of aromatic hydroxyl groups is 4. The molecule has 10 atom stereocenters. The fourth-order valence-electron chi connectivity index (χ4n) is 4.88. The summed E-state index contributed by atoms with van der Waals surface area (Å²) < 4.78 is 34.1. The van der Waals surface area contributed by atoms with Crippen LogP contribution in [0.4, 0.5) is 0 Å². The Morgan fingerprint density at radius 3 is 2.28 bits per heavy atom. The molecule has 2 aromatic carbocycles. The van der Waals surface area contributed by atoms with E-state index in [2.05, 4.69) is 0 Å². The van der Waals surface area contributed by atoms with Crippen molar-refractivity contribution in [2.24, 2.45) is 0 Å². The van der Waals surface area contributed by atoms with Gasteiger partial charge in [-0.15, -0.1) is 0 Å². The van der Waals surface area contributed by atoms with Crippen molar-refractivity contribution in [3.05, 3.63) is 53.6 Å². The number of fused-ring (bicyclic) bond motifs is 1. The van der Waals surface area contributed by atoms with E-state index in [0.29, 0.717) is 11.1 Å². The highest BCUT2D eigenvalue weighted by molar-refractivity contribution is 5.87. The SMILES string of the molecule is O=C(C=Cc1ccc(O)c(O)c1)OC1C(COC2OCC(O)C(O)C2O)OC2OCC(c3ccc(O)c(O)c3)OC2C1O.